The molecule has 1 aromatic heterocycles. The quantitative estimate of drug-likeness (QED) is 0.789. The number of thiophene rings is 1. The molecule has 154 valence electrons. The highest BCUT2D eigenvalue weighted by Gasteiger charge is 2.44. The Labute approximate surface area is 171 Å². The summed E-state index contributed by atoms with van der Waals surface area (Å²) >= 11 is 1.62. The molecule has 7 heteroatoms. The Morgan fingerprint density at radius 2 is 2.07 bits per heavy atom. The molecule has 1 N–H and O–H groups in total. The van der Waals surface area contributed by atoms with E-state index < -0.39 is 0 Å². The van der Waals surface area contributed by atoms with Crippen molar-refractivity contribution >= 4 is 23.2 Å². The van der Waals surface area contributed by atoms with E-state index >= 15 is 0 Å². The number of amides is 2. The van der Waals surface area contributed by atoms with Gasteiger partial charge in [-0.25, -0.2) is 0 Å². The monoisotopic (exact) mass is 405 g/mol. The third-order valence-corrected chi connectivity index (χ3v) is 7.65. The predicted molar refractivity (Wildman–Crippen MR) is 109 cm³/mol. The van der Waals surface area contributed by atoms with Gasteiger partial charge in [-0.2, -0.15) is 0 Å². The Hall–Kier alpha value is -1.44. The van der Waals surface area contributed by atoms with Crippen LogP contribution in [-0.2, 0) is 14.3 Å². The van der Waals surface area contributed by atoms with E-state index in [2.05, 4.69) is 10.2 Å². The molecule has 6 nitrogen and oxygen atoms in total. The van der Waals surface area contributed by atoms with Gasteiger partial charge >= 0.3 is 0 Å². The van der Waals surface area contributed by atoms with Crippen LogP contribution in [0.3, 0.4) is 0 Å². The van der Waals surface area contributed by atoms with E-state index in [0.29, 0.717) is 13.0 Å². The van der Waals surface area contributed by atoms with Crippen molar-refractivity contribution in [2.45, 2.75) is 38.1 Å². The van der Waals surface area contributed by atoms with Gasteiger partial charge < -0.3 is 19.9 Å². The molecule has 3 saturated heterocycles. The normalized spacial score (nSPS) is 28.0. The highest BCUT2D eigenvalue weighted by molar-refractivity contribution is 7.10. The number of nitrogens with one attached hydrogen (secondary N) is 1. The molecule has 1 aromatic rings. The minimum atomic E-state index is -0.306. The summed E-state index contributed by atoms with van der Waals surface area (Å²) in [5.74, 6) is -0.236. The van der Waals surface area contributed by atoms with Crippen LogP contribution < -0.4 is 5.32 Å². The summed E-state index contributed by atoms with van der Waals surface area (Å²) in [6, 6.07) is 3.87. The first kappa shape index (κ1) is 19.9. The summed E-state index contributed by atoms with van der Waals surface area (Å²) in [6.07, 6.45) is 4.83. The van der Waals surface area contributed by atoms with Crippen LogP contribution in [-0.4, -0.2) is 68.1 Å². The van der Waals surface area contributed by atoms with Crippen molar-refractivity contribution in [3.63, 3.8) is 0 Å². The fourth-order valence-electron chi connectivity index (χ4n) is 4.97. The topological polar surface area (TPSA) is 61.9 Å². The summed E-state index contributed by atoms with van der Waals surface area (Å²) in [5.41, 5.74) is 0.0885. The highest BCUT2D eigenvalue weighted by atomic mass is 32.1. The van der Waals surface area contributed by atoms with Crippen molar-refractivity contribution in [1.29, 1.82) is 0 Å². The molecule has 0 spiro atoms. The van der Waals surface area contributed by atoms with Crippen molar-refractivity contribution in [1.82, 2.24) is 15.1 Å². The summed E-state index contributed by atoms with van der Waals surface area (Å²) < 4.78 is 5.61. The molecule has 3 fully saturated rings. The van der Waals surface area contributed by atoms with Crippen LogP contribution in [0.4, 0.5) is 0 Å². The third kappa shape index (κ3) is 4.11. The second-order valence-electron chi connectivity index (χ2n) is 8.59. The molecule has 0 aliphatic carbocycles. The van der Waals surface area contributed by atoms with Crippen LogP contribution >= 0.6 is 11.3 Å². The summed E-state index contributed by atoms with van der Waals surface area (Å²) in [4.78, 5) is 30.8. The standard InChI is InChI=1S/C21H31N3O3S/c1-23-18(25)13-16(19(23)17-5-4-12-28-17)20(26)22-14-21(6-10-27-11-7-21)15-24-8-2-3-9-24/h4-5,12,16,19H,2-3,6-11,13-15H2,1H3,(H,22,26). The second kappa shape index (κ2) is 8.51. The number of ether oxygens (including phenoxy) is 1. The molecule has 2 atom stereocenters. The predicted octanol–water partition coefficient (Wildman–Crippen LogP) is 2.28. The maximum Gasteiger partial charge on any atom is 0.226 e. The van der Waals surface area contributed by atoms with E-state index in [0.717, 1.165) is 37.5 Å². The van der Waals surface area contributed by atoms with Crippen molar-refractivity contribution < 1.29 is 14.3 Å². The Kier molecular flexibility index (Phi) is 6.04. The van der Waals surface area contributed by atoms with Gasteiger partial charge in [0, 0.05) is 50.1 Å². The van der Waals surface area contributed by atoms with Crippen LogP contribution in [0.5, 0.6) is 0 Å². The highest BCUT2D eigenvalue weighted by Crippen LogP contribution is 2.39. The number of hydrogen-bond donors (Lipinski definition) is 1. The maximum absolute atomic E-state index is 13.1. The smallest absolute Gasteiger partial charge is 0.226 e. The Morgan fingerprint density at radius 3 is 2.75 bits per heavy atom. The number of hydrogen-bond acceptors (Lipinski definition) is 5. The Bertz CT molecular complexity index is 681. The minimum absolute atomic E-state index is 0.0170. The molecule has 2 amide bonds. The first-order valence-corrected chi connectivity index (χ1v) is 11.3. The molecule has 3 aliphatic heterocycles. The van der Waals surface area contributed by atoms with E-state index in [9.17, 15) is 9.59 Å². The van der Waals surface area contributed by atoms with Crippen molar-refractivity contribution in [2.24, 2.45) is 11.3 Å². The fraction of sp³-hybridized carbons (Fsp3) is 0.714. The maximum atomic E-state index is 13.1. The van der Waals surface area contributed by atoms with Gasteiger partial charge in [-0.1, -0.05) is 6.07 Å². The lowest BCUT2D eigenvalue weighted by Gasteiger charge is -2.40. The molecule has 0 radical (unpaired) electrons. The summed E-state index contributed by atoms with van der Waals surface area (Å²) in [6.45, 7) is 5.59. The first-order valence-electron chi connectivity index (χ1n) is 10.4. The zero-order valence-electron chi connectivity index (χ0n) is 16.7. The summed E-state index contributed by atoms with van der Waals surface area (Å²) in [7, 11) is 1.81. The fourth-order valence-corrected chi connectivity index (χ4v) is 5.90. The van der Waals surface area contributed by atoms with E-state index in [1.807, 2.05) is 24.6 Å². The SMILES string of the molecule is CN1C(=O)CC(C(=O)NCC2(CN3CCCC3)CCOCC2)C1c1cccs1. The average Bonchev–Trinajstić information content (AvgIpc) is 3.44. The lowest BCUT2D eigenvalue weighted by molar-refractivity contribution is -0.128. The molecule has 3 aliphatic rings. The molecule has 0 aromatic carbocycles. The van der Waals surface area contributed by atoms with Crippen LogP contribution in [0.1, 0.15) is 43.0 Å². The lowest BCUT2D eigenvalue weighted by Crippen LogP contribution is -2.49. The third-order valence-electron chi connectivity index (χ3n) is 6.71. The van der Waals surface area contributed by atoms with Gasteiger partial charge in [-0.3, -0.25) is 9.59 Å². The van der Waals surface area contributed by atoms with Crippen LogP contribution in [0.15, 0.2) is 17.5 Å². The lowest BCUT2D eigenvalue weighted by atomic mass is 9.79. The number of nitrogens with zero attached hydrogens (tertiary/aromatic N) is 2. The molecule has 0 saturated carbocycles. The van der Waals surface area contributed by atoms with Gasteiger partial charge in [0.2, 0.25) is 11.8 Å². The van der Waals surface area contributed by atoms with Crippen molar-refractivity contribution in [3.8, 4) is 0 Å². The number of carbonyl (C=O) groups is 2. The number of likely N-dealkylation sites (tertiary alicyclic amines) is 2. The minimum Gasteiger partial charge on any atom is -0.381 e. The molecule has 0 bridgehead atoms. The van der Waals surface area contributed by atoms with Crippen LogP contribution in [0.25, 0.3) is 0 Å². The Morgan fingerprint density at radius 1 is 1.32 bits per heavy atom. The number of carbonyl (C=O) groups excluding carboxylic acids is 2. The Balaban J connectivity index is 1.43. The van der Waals surface area contributed by atoms with Gasteiger partial charge in [0.25, 0.3) is 0 Å². The van der Waals surface area contributed by atoms with E-state index in [1.165, 1.54) is 25.9 Å². The molecule has 4 rings (SSSR count). The molecule has 2 unspecified atom stereocenters. The molecule has 4 heterocycles. The molecule has 28 heavy (non-hydrogen) atoms. The van der Waals surface area contributed by atoms with E-state index in [-0.39, 0.29) is 29.2 Å². The molecular weight excluding hydrogens is 374 g/mol. The van der Waals surface area contributed by atoms with E-state index in [1.54, 1.807) is 16.2 Å². The van der Waals surface area contributed by atoms with Crippen molar-refractivity contribution in [2.75, 3.05) is 46.4 Å². The first-order chi connectivity index (χ1) is 13.6. The number of rotatable bonds is 6. The van der Waals surface area contributed by atoms with Gasteiger partial charge in [-0.05, 0) is 50.2 Å². The summed E-state index contributed by atoms with van der Waals surface area (Å²) in [5, 5.41) is 5.25. The van der Waals surface area contributed by atoms with Gasteiger partial charge in [0.1, 0.15) is 0 Å². The van der Waals surface area contributed by atoms with Gasteiger partial charge in [0.15, 0.2) is 0 Å². The second-order valence-corrected chi connectivity index (χ2v) is 9.57. The van der Waals surface area contributed by atoms with Gasteiger partial charge in [-0.15, -0.1) is 11.3 Å². The van der Waals surface area contributed by atoms with Crippen molar-refractivity contribution in [3.05, 3.63) is 22.4 Å². The van der Waals surface area contributed by atoms with Crippen LogP contribution in [0, 0.1) is 11.3 Å². The van der Waals surface area contributed by atoms with Gasteiger partial charge in [0.05, 0.1) is 12.0 Å². The van der Waals surface area contributed by atoms with E-state index in [4.69, 9.17) is 4.74 Å². The zero-order valence-corrected chi connectivity index (χ0v) is 17.5. The zero-order chi connectivity index (χ0) is 19.6. The van der Waals surface area contributed by atoms with Crippen LogP contribution in [0.2, 0.25) is 0 Å². The molecular formula is C21H31N3O3S. The largest absolute Gasteiger partial charge is 0.381 e. The average molecular weight is 406 g/mol.